The zero-order valence-electron chi connectivity index (χ0n) is 11.7. The van der Waals surface area contributed by atoms with Crippen LogP contribution in [0.4, 0.5) is 4.79 Å². The highest BCUT2D eigenvalue weighted by molar-refractivity contribution is 5.95. The van der Waals surface area contributed by atoms with Gasteiger partial charge in [0.2, 0.25) is 5.91 Å². The van der Waals surface area contributed by atoms with E-state index in [0.29, 0.717) is 25.2 Å². The second-order valence-electron chi connectivity index (χ2n) is 5.53. The van der Waals surface area contributed by atoms with Gasteiger partial charge >= 0.3 is 12.0 Å². The summed E-state index contributed by atoms with van der Waals surface area (Å²) in [5.74, 6) is -1.57. The largest absolute Gasteiger partial charge is 0.481 e. The van der Waals surface area contributed by atoms with Gasteiger partial charge < -0.3 is 10.0 Å². The van der Waals surface area contributed by atoms with Gasteiger partial charge in [-0.1, -0.05) is 0 Å². The van der Waals surface area contributed by atoms with Gasteiger partial charge in [0.05, 0.1) is 6.42 Å². The fraction of sp³-hybridized carbons (Fsp3) is 0.769. The predicted molar refractivity (Wildman–Crippen MR) is 71.2 cm³/mol. The van der Waals surface area contributed by atoms with Crippen LogP contribution in [0.3, 0.4) is 0 Å². The Labute approximate surface area is 117 Å². The van der Waals surface area contributed by atoms with Crippen LogP contribution in [0.15, 0.2) is 0 Å². The first-order chi connectivity index (χ1) is 9.47. The summed E-state index contributed by atoms with van der Waals surface area (Å²) in [6, 6.07) is 0.490. The average Bonchev–Trinajstić information content (AvgIpc) is 2.60. The molecule has 3 amide bonds. The maximum atomic E-state index is 12.0. The van der Waals surface area contributed by atoms with Crippen molar-refractivity contribution < 1.29 is 19.5 Å². The number of aliphatic carboxylic acids is 1. The van der Waals surface area contributed by atoms with Gasteiger partial charge in [0.1, 0.15) is 0 Å². The molecule has 7 nitrogen and oxygen atoms in total. The second-order valence-corrected chi connectivity index (χ2v) is 5.53. The van der Waals surface area contributed by atoms with Crippen molar-refractivity contribution in [3.63, 3.8) is 0 Å². The van der Waals surface area contributed by atoms with Crippen LogP contribution in [0.1, 0.15) is 32.1 Å². The molecule has 2 atom stereocenters. The van der Waals surface area contributed by atoms with Crippen molar-refractivity contribution in [3.8, 4) is 0 Å². The Kier molecular flexibility index (Phi) is 4.59. The number of amides is 3. The molecule has 2 N–H and O–H groups in total. The highest BCUT2D eigenvalue weighted by Gasteiger charge is 2.36. The number of urea groups is 1. The number of nitrogens with one attached hydrogen (secondary N) is 1. The number of fused-ring (bicyclic) bond motifs is 2. The van der Waals surface area contributed by atoms with Crippen LogP contribution in [0.5, 0.6) is 0 Å². The van der Waals surface area contributed by atoms with E-state index in [1.165, 1.54) is 6.42 Å². The number of likely N-dealkylation sites (N-methyl/N-ethyl adjacent to an activating group) is 1. The van der Waals surface area contributed by atoms with Crippen molar-refractivity contribution in [2.45, 2.75) is 44.2 Å². The zero-order valence-corrected chi connectivity index (χ0v) is 11.7. The first kappa shape index (κ1) is 14.8. The van der Waals surface area contributed by atoms with Gasteiger partial charge in [-0.25, -0.2) is 4.79 Å². The van der Waals surface area contributed by atoms with Gasteiger partial charge in [0, 0.05) is 31.6 Å². The van der Waals surface area contributed by atoms with Crippen LogP contribution in [-0.2, 0) is 9.59 Å². The smallest absolute Gasteiger partial charge is 0.324 e. The SMILES string of the molecule is CN1C2CCC1CN(C(=O)NC(=O)CCC(=O)O)CC2. The molecule has 0 aromatic heterocycles. The van der Waals surface area contributed by atoms with E-state index in [1.807, 2.05) is 0 Å². The highest BCUT2D eigenvalue weighted by atomic mass is 16.4. The predicted octanol–water partition coefficient (Wildman–Crippen LogP) is 0.256. The molecule has 0 radical (unpaired) electrons. The van der Waals surface area contributed by atoms with E-state index in [0.717, 1.165) is 12.8 Å². The maximum absolute atomic E-state index is 12.0. The second kappa shape index (κ2) is 6.21. The maximum Gasteiger partial charge on any atom is 0.324 e. The quantitative estimate of drug-likeness (QED) is 0.775. The Morgan fingerprint density at radius 3 is 2.55 bits per heavy atom. The van der Waals surface area contributed by atoms with Gasteiger partial charge in [-0.15, -0.1) is 0 Å². The van der Waals surface area contributed by atoms with Crippen LogP contribution in [0.2, 0.25) is 0 Å². The lowest BCUT2D eigenvalue weighted by Gasteiger charge is -2.25. The molecule has 0 aromatic carbocycles. The number of carboxylic acid groups (broad SMARTS) is 1. The zero-order chi connectivity index (χ0) is 14.7. The Balaban J connectivity index is 1.83. The number of rotatable bonds is 3. The van der Waals surface area contributed by atoms with E-state index < -0.39 is 17.9 Å². The number of likely N-dealkylation sites (tertiary alicyclic amines) is 1. The standard InChI is InChI=1S/C13H21N3O4/c1-15-9-2-3-10(15)8-16(7-6-9)13(20)14-11(17)4-5-12(18)19/h9-10H,2-8H2,1H3,(H,18,19)(H,14,17,20). The molecular weight excluding hydrogens is 262 g/mol. The number of carbonyl (C=O) groups excluding carboxylic acids is 2. The Morgan fingerprint density at radius 1 is 1.15 bits per heavy atom. The molecule has 2 heterocycles. The molecule has 0 aliphatic carbocycles. The van der Waals surface area contributed by atoms with Crippen LogP contribution >= 0.6 is 0 Å². The third kappa shape index (κ3) is 3.47. The molecule has 2 fully saturated rings. The molecular formula is C13H21N3O4. The number of nitrogens with zero attached hydrogens (tertiary/aromatic N) is 2. The molecule has 2 saturated heterocycles. The fourth-order valence-corrected chi connectivity index (χ4v) is 2.97. The van der Waals surface area contributed by atoms with Gasteiger partial charge in [-0.3, -0.25) is 19.8 Å². The fourth-order valence-electron chi connectivity index (χ4n) is 2.97. The van der Waals surface area contributed by atoms with E-state index in [4.69, 9.17) is 5.11 Å². The molecule has 20 heavy (non-hydrogen) atoms. The van der Waals surface area contributed by atoms with Gasteiger partial charge in [-0.05, 0) is 26.3 Å². The summed E-state index contributed by atoms with van der Waals surface area (Å²) in [5, 5.41) is 10.8. The Morgan fingerprint density at radius 2 is 1.85 bits per heavy atom. The highest BCUT2D eigenvalue weighted by Crippen LogP contribution is 2.28. The topological polar surface area (TPSA) is 90.0 Å². The molecule has 0 saturated carbocycles. The molecule has 2 aliphatic heterocycles. The monoisotopic (exact) mass is 283 g/mol. The lowest BCUT2D eigenvalue weighted by molar-refractivity contribution is -0.138. The third-order valence-electron chi connectivity index (χ3n) is 4.25. The summed E-state index contributed by atoms with van der Waals surface area (Å²) >= 11 is 0. The van der Waals surface area contributed by atoms with Gasteiger partial charge in [0.15, 0.2) is 0 Å². The van der Waals surface area contributed by atoms with E-state index in [-0.39, 0.29) is 12.8 Å². The van der Waals surface area contributed by atoms with Gasteiger partial charge in [0.25, 0.3) is 0 Å². The summed E-state index contributed by atoms with van der Waals surface area (Å²) in [6.45, 7) is 1.27. The van der Waals surface area contributed by atoms with E-state index in [2.05, 4.69) is 17.3 Å². The average molecular weight is 283 g/mol. The van der Waals surface area contributed by atoms with Crippen molar-refractivity contribution in [1.82, 2.24) is 15.1 Å². The normalized spacial score (nSPS) is 26.1. The van der Waals surface area contributed by atoms with Crippen LogP contribution in [0.25, 0.3) is 0 Å². The van der Waals surface area contributed by atoms with Crippen LogP contribution < -0.4 is 5.32 Å². The molecule has 2 bridgehead atoms. The molecule has 112 valence electrons. The molecule has 0 aromatic rings. The van der Waals surface area contributed by atoms with E-state index in [1.54, 1.807) is 4.90 Å². The summed E-state index contributed by atoms with van der Waals surface area (Å²) < 4.78 is 0. The number of hydrogen-bond donors (Lipinski definition) is 2. The van der Waals surface area contributed by atoms with Crippen molar-refractivity contribution in [2.24, 2.45) is 0 Å². The molecule has 7 heteroatoms. The van der Waals surface area contributed by atoms with Crippen molar-refractivity contribution in [2.75, 3.05) is 20.1 Å². The first-order valence-electron chi connectivity index (χ1n) is 7.00. The van der Waals surface area contributed by atoms with Crippen molar-refractivity contribution in [3.05, 3.63) is 0 Å². The minimum atomic E-state index is -1.04. The van der Waals surface area contributed by atoms with Crippen LogP contribution in [0, 0.1) is 0 Å². The molecule has 2 unspecified atom stereocenters. The van der Waals surface area contributed by atoms with Gasteiger partial charge in [-0.2, -0.15) is 0 Å². The lowest BCUT2D eigenvalue weighted by atomic mass is 10.1. The third-order valence-corrected chi connectivity index (χ3v) is 4.25. The molecule has 2 aliphatic rings. The number of carbonyl (C=O) groups is 3. The first-order valence-corrected chi connectivity index (χ1v) is 7.00. The minimum absolute atomic E-state index is 0.166. The van der Waals surface area contributed by atoms with E-state index >= 15 is 0 Å². The summed E-state index contributed by atoms with van der Waals surface area (Å²) in [4.78, 5) is 37.9. The Hall–Kier alpha value is -1.63. The minimum Gasteiger partial charge on any atom is -0.481 e. The van der Waals surface area contributed by atoms with Crippen LogP contribution in [-0.4, -0.2) is 65.0 Å². The number of carboxylic acids is 1. The Bertz CT molecular complexity index is 412. The van der Waals surface area contributed by atoms with Crippen molar-refractivity contribution >= 4 is 17.9 Å². The summed E-state index contributed by atoms with van der Waals surface area (Å²) in [7, 11) is 2.09. The van der Waals surface area contributed by atoms with E-state index in [9.17, 15) is 14.4 Å². The molecule has 2 rings (SSSR count). The summed E-state index contributed by atoms with van der Waals surface area (Å²) in [5.41, 5.74) is 0. The van der Waals surface area contributed by atoms with Crippen molar-refractivity contribution in [1.29, 1.82) is 0 Å². The summed E-state index contributed by atoms with van der Waals surface area (Å²) in [6.07, 6.45) is 2.75. The number of hydrogen-bond acceptors (Lipinski definition) is 4. The molecule has 0 spiro atoms. The number of imide groups is 1. The lowest BCUT2D eigenvalue weighted by Crippen LogP contribution is -2.46.